The maximum absolute atomic E-state index is 12.5. The molecule has 0 aliphatic heterocycles. The van der Waals surface area contributed by atoms with Crippen LogP contribution in [0, 0.1) is 13.8 Å². The van der Waals surface area contributed by atoms with Gasteiger partial charge in [0, 0.05) is 16.9 Å². The highest BCUT2D eigenvalue weighted by Gasteiger charge is 2.16. The first-order valence-corrected chi connectivity index (χ1v) is 8.98. The largest absolute Gasteiger partial charge is 0.478 e. The van der Waals surface area contributed by atoms with E-state index < -0.39 is 11.9 Å². The number of hydrogen-bond acceptors (Lipinski definition) is 3. The number of amides is 2. The Hall–Kier alpha value is -3.93. The molecule has 0 aromatic heterocycles. The standard InChI is InChI=1S/C23H20N2O4/c1-14-6-5-9-20(15(14)2)25-21(26)16-10-12-17(13-11-16)24-22(27)18-7-3-4-8-19(18)23(28)29/h3-13H,1-2H3,(H,24,27)(H,25,26)(H,28,29). The van der Waals surface area contributed by atoms with Crippen LogP contribution in [0.4, 0.5) is 11.4 Å². The van der Waals surface area contributed by atoms with E-state index in [1.165, 1.54) is 12.1 Å². The smallest absolute Gasteiger partial charge is 0.336 e. The van der Waals surface area contributed by atoms with Crippen LogP contribution < -0.4 is 10.6 Å². The van der Waals surface area contributed by atoms with Gasteiger partial charge < -0.3 is 15.7 Å². The summed E-state index contributed by atoms with van der Waals surface area (Å²) >= 11 is 0. The number of aryl methyl sites for hydroxylation is 1. The lowest BCUT2D eigenvalue weighted by molar-refractivity contribution is 0.0692. The van der Waals surface area contributed by atoms with Gasteiger partial charge in [0.2, 0.25) is 0 Å². The van der Waals surface area contributed by atoms with Crippen molar-refractivity contribution in [2.45, 2.75) is 13.8 Å². The summed E-state index contributed by atoms with van der Waals surface area (Å²) in [6.45, 7) is 3.92. The van der Waals surface area contributed by atoms with Crippen molar-refractivity contribution in [2.75, 3.05) is 10.6 Å². The Labute approximate surface area is 168 Å². The van der Waals surface area contributed by atoms with Crippen molar-refractivity contribution in [3.05, 3.63) is 94.5 Å². The van der Waals surface area contributed by atoms with Gasteiger partial charge in [-0.25, -0.2) is 4.79 Å². The first-order valence-electron chi connectivity index (χ1n) is 8.98. The second-order valence-corrected chi connectivity index (χ2v) is 6.58. The molecule has 29 heavy (non-hydrogen) atoms. The van der Waals surface area contributed by atoms with E-state index in [9.17, 15) is 19.5 Å². The lowest BCUT2D eigenvalue weighted by Crippen LogP contribution is -2.17. The number of rotatable bonds is 5. The number of benzene rings is 3. The van der Waals surface area contributed by atoms with E-state index in [1.807, 2.05) is 32.0 Å². The molecule has 0 atom stereocenters. The summed E-state index contributed by atoms with van der Waals surface area (Å²) in [5, 5.41) is 14.7. The summed E-state index contributed by atoms with van der Waals surface area (Å²) in [5.41, 5.74) is 3.72. The molecule has 2 amide bonds. The van der Waals surface area contributed by atoms with E-state index in [0.29, 0.717) is 11.3 Å². The fraction of sp³-hybridized carbons (Fsp3) is 0.0870. The van der Waals surface area contributed by atoms with Gasteiger partial charge in [-0.2, -0.15) is 0 Å². The van der Waals surface area contributed by atoms with Gasteiger partial charge in [-0.15, -0.1) is 0 Å². The Morgan fingerprint density at radius 1 is 0.724 bits per heavy atom. The minimum atomic E-state index is -1.17. The Bertz CT molecular complexity index is 1090. The Morgan fingerprint density at radius 2 is 1.38 bits per heavy atom. The van der Waals surface area contributed by atoms with Crippen LogP contribution in [0.25, 0.3) is 0 Å². The minimum absolute atomic E-state index is 0.0664. The summed E-state index contributed by atoms with van der Waals surface area (Å²) in [5.74, 6) is -1.96. The monoisotopic (exact) mass is 388 g/mol. The molecule has 0 radical (unpaired) electrons. The fourth-order valence-corrected chi connectivity index (χ4v) is 2.85. The van der Waals surface area contributed by atoms with Crippen LogP contribution in [0.3, 0.4) is 0 Å². The highest BCUT2D eigenvalue weighted by molar-refractivity contribution is 6.11. The summed E-state index contributed by atoms with van der Waals surface area (Å²) in [7, 11) is 0. The molecule has 0 unspecified atom stereocenters. The van der Waals surface area contributed by atoms with E-state index in [4.69, 9.17) is 0 Å². The Morgan fingerprint density at radius 3 is 2.03 bits per heavy atom. The summed E-state index contributed by atoms with van der Waals surface area (Å²) < 4.78 is 0. The molecule has 0 fully saturated rings. The van der Waals surface area contributed by atoms with Crippen molar-refractivity contribution in [3.63, 3.8) is 0 Å². The third-order valence-corrected chi connectivity index (χ3v) is 4.66. The number of aromatic carboxylic acids is 1. The Kier molecular flexibility index (Phi) is 5.74. The van der Waals surface area contributed by atoms with Crippen molar-refractivity contribution in [1.82, 2.24) is 0 Å². The van der Waals surface area contributed by atoms with Gasteiger partial charge in [0.15, 0.2) is 0 Å². The SMILES string of the molecule is Cc1cccc(NC(=O)c2ccc(NC(=O)c3ccccc3C(=O)O)cc2)c1C. The normalized spacial score (nSPS) is 10.3. The van der Waals surface area contributed by atoms with Gasteiger partial charge in [-0.3, -0.25) is 9.59 Å². The quantitative estimate of drug-likeness (QED) is 0.599. The van der Waals surface area contributed by atoms with Crippen molar-refractivity contribution >= 4 is 29.2 Å². The maximum Gasteiger partial charge on any atom is 0.336 e. The fourth-order valence-electron chi connectivity index (χ4n) is 2.85. The van der Waals surface area contributed by atoms with Gasteiger partial charge in [-0.05, 0) is 67.4 Å². The molecule has 0 heterocycles. The van der Waals surface area contributed by atoms with Crippen LogP contribution in [-0.4, -0.2) is 22.9 Å². The molecular weight excluding hydrogens is 368 g/mol. The summed E-state index contributed by atoms with van der Waals surface area (Å²) in [4.78, 5) is 36.2. The molecule has 3 aromatic rings. The highest BCUT2D eigenvalue weighted by Crippen LogP contribution is 2.20. The molecule has 0 bridgehead atoms. The molecule has 6 nitrogen and oxygen atoms in total. The van der Waals surface area contributed by atoms with Crippen LogP contribution >= 0.6 is 0 Å². The second-order valence-electron chi connectivity index (χ2n) is 6.58. The summed E-state index contributed by atoms with van der Waals surface area (Å²) in [6, 6.07) is 18.1. The maximum atomic E-state index is 12.5. The van der Waals surface area contributed by atoms with Crippen LogP contribution in [0.5, 0.6) is 0 Å². The van der Waals surface area contributed by atoms with Crippen molar-refractivity contribution in [3.8, 4) is 0 Å². The predicted molar refractivity (Wildman–Crippen MR) is 112 cm³/mol. The lowest BCUT2D eigenvalue weighted by atomic mass is 10.1. The van der Waals surface area contributed by atoms with Crippen LogP contribution in [0.1, 0.15) is 42.2 Å². The number of carbonyl (C=O) groups excluding carboxylic acids is 2. The van der Waals surface area contributed by atoms with Gasteiger partial charge in [0.1, 0.15) is 0 Å². The van der Waals surface area contributed by atoms with E-state index in [2.05, 4.69) is 10.6 Å². The van der Waals surface area contributed by atoms with Crippen LogP contribution in [0.2, 0.25) is 0 Å². The van der Waals surface area contributed by atoms with E-state index >= 15 is 0 Å². The topological polar surface area (TPSA) is 95.5 Å². The third kappa shape index (κ3) is 4.50. The highest BCUT2D eigenvalue weighted by atomic mass is 16.4. The molecule has 0 saturated heterocycles. The molecule has 0 saturated carbocycles. The second kappa shape index (κ2) is 8.39. The van der Waals surface area contributed by atoms with Gasteiger partial charge in [-0.1, -0.05) is 24.3 Å². The number of carbonyl (C=O) groups is 3. The lowest BCUT2D eigenvalue weighted by Gasteiger charge is -2.11. The van der Waals surface area contributed by atoms with Crippen molar-refractivity contribution < 1.29 is 19.5 Å². The average Bonchev–Trinajstić information content (AvgIpc) is 2.71. The molecule has 0 spiro atoms. The molecular formula is C23H20N2O4. The Balaban J connectivity index is 1.72. The predicted octanol–water partition coefficient (Wildman–Crippen LogP) is 4.51. The average molecular weight is 388 g/mol. The number of carboxylic acids is 1. The summed E-state index contributed by atoms with van der Waals surface area (Å²) in [6.07, 6.45) is 0. The van der Waals surface area contributed by atoms with E-state index in [-0.39, 0.29) is 17.0 Å². The number of nitrogens with one attached hydrogen (secondary N) is 2. The van der Waals surface area contributed by atoms with Gasteiger partial charge in [0.05, 0.1) is 11.1 Å². The number of carboxylic acid groups (broad SMARTS) is 1. The first-order chi connectivity index (χ1) is 13.9. The molecule has 3 aromatic carbocycles. The van der Waals surface area contributed by atoms with E-state index in [0.717, 1.165) is 16.8 Å². The molecule has 6 heteroatoms. The number of hydrogen-bond donors (Lipinski definition) is 3. The number of anilines is 2. The zero-order valence-corrected chi connectivity index (χ0v) is 16.0. The van der Waals surface area contributed by atoms with Crippen LogP contribution in [0.15, 0.2) is 66.7 Å². The third-order valence-electron chi connectivity index (χ3n) is 4.66. The van der Waals surface area contributed by atoms with Crippen molar-refractivity contribution in [1.29, 1.82) is 0 Å². The molecule has 0 aliphatic carbocycles. The molecule has 3 N–H and O–H groups in total. The molecule has 0 aliphatic rings. The molecule has 146 valence electrons. The van der Waals surface area contributed by atoms with E-state index in [1.54, 1.807) is 36.4 Å². The zero-order chi connectivity index (χ0) is 21.0. The molecule has 3 rings (SSSR count). The van der Waals surface area contributed by atoms with Crippen LogP contribution in [-0.2, 0) is 0 Å². The van der Waals surface area contributed by atoms with Gasteiger partial charge in [0.25, 0.3) is 11.8 Å². The zero-order valence-electron chi connectivity index (χ0n) is 16.0. The minimum Gasteiger partial charge on any atom is -0.478 e. The van der Waals surface area contributed by atoms with Crippen molar-refractivity contribution in [2.24, 2.45) is 0 Å². The van der Waals surface area contributed by atoms with Gasteiger partial charge >= 0.3 is 5.97 Å². The first kappa shape index (κ1) is 19.8.